The van der Waals surface area contributed by atoms with Gasteiger partial charge in [-0.25, -0.2) is 0 Å². The zero-order chi connectivity index (χ0) is 21.2. The number of benzene rings is 4. The molecule has 2 heteroatoms. The summed E-state index contributed by atoms with van der Waals surface area (Å²) in [5.74, 6) is 0. The summed E-state index contributed by atoms with van der Waals surface area (Å²) in [5.41, 5.74) is 7.39. The smallest absolute Gasteiger partial charge is 0.111 e. The maximum absolute atomic E-state index is 3.99. The predicted molar refractivity (Wildman–Crippen MR) is 134 cm³/mol. The summed E-state index contributed by atoms with van der Waals surface area (Å²) in [4.78, 5) is 2.39. The van der Waals surface area contributed by atoms with E-state index < -0.39 is 0 Å². The summed E-state index contributed by atoms with van der Waals surface area (Å²) >= 11 is 0. The number of hydrogen-bond acceptors (Lipinski definition) is 2. The van der Waals surface area contributed by atoms with Crippen LogP contribution in [0.1, 0.15) is 12.5 Å². The zero-order valence-corrected chi connectivity index (χ0v) is 17.8. The lowest BCUT2D eigenvalue weighted by atomic mass is 9.95. The summed E-state index contributed by atoms with van der Waals surface area (Å²) in [6.07, 6.45) is 4.10. The van der Waals surface area contributed by atoms with Gasteiger partial charge in [-0.2, -0.15) is 0 Å². The molecule has 152 valence electrons. The molecular weight excluding hydrogens is 376 g/mol. The first-order valence-electron chi connectivity index (χ1n) is 10.8. The van der Waals surface area contributed by atoms with Crippen LogP contribution in [0.4, 0.5) is 11.4 Å². The molecule has 0 bridgehead atoms. The molecule has 1 aliphatic heterocycles. The van der Waals surface area contributed by atoms with E-state index in [2.05, 4.69) is 121 Å². The van der Waals surface area contributed by atoms with E-state index in [1.165, 1.54) is 44.4 Å². The highest BCUT2D eigenvalue weighted by atomic mass is 15.3. The van der Waals surface area contributed by atoms with Crippen molar-refractivity contribution < 1.29 is 0 Å². The molecule has 2 nitrogen and oxygen atoms in total. The van der Waals surface area contributed by atoms with Gasteiger partial charge in [-0.3, -0.25) is 5.32 Å². The largest absolute Gasteiger partial charge is 0.321 e. The molecule has 4 aromatic carbocycles. The molecule has 0 saturated carbocycles. The first kappa shape index (κ1) is 19.3. The molecule has 1 N–H and O–H groups in total. The Balaban J connectivity index is 1.71. The lowest BCUT2D eigenvalue weighted by Gasteiger charge is -2.28. The topological polar surface area (TPSA) is 15.3 Å². The molecule has 31 heavy (non-hydrogen) atoms. The van der Waals surface area contributed by atoms with Crippen molar-refractivity contribution in [1.29, 1.82) is 0 Å². The minimum Gasteiger partial charge on any atom is -0.321 e. The van der Waals surface area contributed by atoms with Crippen LogP contribution in [0.25, 0.3) is 27.5 Å². The van der Waals surface area contributed by atoms with Crippen molar-refractivity contribution in [1.82, 2.24) is 5.32 Å². The molecule has 5 rings (SSSR count). The van der Waals surface area contributed by atoms with Crippen LogP contribution in [-0.4, -0.2) is 12.7 Å². The van der Waals surface area contributed by atoms with E-state index in [0.29, 0.717) is 0 Å². The van der Waals surface area contributed by atoms with E-state index in [-0.39, 0.29) is 6.17 Å². The van der Waals surface area contributed by atoms with Crippen molar-refractivity contribution >= 4 is 27.7 Å². The van der Waals surface area contributed by atoms with Gasteiger partial charge in [0.05, 0.1) is 5.69 Å². The Bertz CT molecular complexity index is 1270. The lowest BCUT2D eigenvalue weighted by Crippen LogP contribution is -2.40. The number of nitrogens with zero attached hydrogens (tertiary/aromatic N) is 1. The third kappa shape index (κ3) is 3.35. The standard InChI is InChI=1S/C29H26N2/c1-3-11-26-27-20-22(25-17-10-13-21-12-8-9-16-24(21)25)18-19-28(27)31(29(26)30-4-2)23-14-6-5-7-15-23/h3,5-20,29-30H,1,4H2,2H3/b26-11-. The fraction of sp³-hybridized carbons (Fsp3) is 0.103. The second-order valence-electron chi connectivity index (χ2n) is 7.78. The summed E-state index contributed by atoms with van der Waals surface area (Å²) < 4.78 is 0. The zero-order valence-electron chi connectivity index (χ0n) is 17.8. The van der Waals surface area contributed by atoms with Crippen molar-refractivity contribution in [3.8, 4) is 11.1 Å². The van der Waals surface area contributed by atoms with Gasteiger partial charge in [-0.1, -0.05) is 92.4 Å². The average molecular weight is 403 g/mol. The van der Waals surface area contributed by atoms with Gasteiger partial charge < -0.3 is 4.90 Å². The highest BCUT2D eigenvalue weighted by molar-refractivity contribution is 5.99. The Labute approximate surface area is 184 Å². The molecule has 1 heterocycles. The van der Waals surface area contributed by atoms with Crippen LogP contribution in [0.15, 0.2) is 110 Å². The van der Waals surface area contributed by atoms with Gasteiger partial charge in [0.1, 0.15) is 6.17 Å². The third-order valence-corrected chi connectivity index (χ3v) is 5.95. The highest BCUT2D eigenvalue weighted by Gasteiger charge is 2.34. The van der Waals surface area contributed by atoms with Crippen molar-refractivity contribution in [2.45, 2.75) is 13.1 Å². The highest BCUT2D eigenvalue weighted by Crippen LogP contribution is 2.46. The minimum absolute atomic E-state index is 0.0724. The normalized spacial score (nSPS) is 16.6. The van der Waals surface area contributed by atoms with Crippen molar-refractivity contribution in [2.24, 2.45) is 0 Å². The van der Waals surface area contributed by atoms with E-state index >= 15 is 0 Å². The van der Waals surface area contributed by atoms with Crippen molar-refractivity contribution in [2.75, 3.05) is 11.4 Å². The fourth-order valence-electron chi connectivity index (χ4n) is 4.63. The van der Waals surface area contributed by atoms with Crippen molar-refractivity contribution in [3.05, 3.63) is 115 Å². The van der Waals surface area contributed by atoms with E-state index in [1.54, 1.807) is 0 Å². The summed E-state index contributed by atoms with van der Waals surface area (Å²) in [6.45, 7) is 7.02. The molecule has 4 aromatic rings. The van der Waals surface area contributed by atoms with E-state index in [0.717, 1.165) is 6.54 Å². The van der Waals surface area contributed by atoms with Gasteiger partial charge in [0, 0.05) is 11.3 Å². The Morgan fingerprint density at radius 2 is 1.65 bits per heavy atom. The van der Waals surface area contributed by atoms with E-state index in [1.807, 2.05) is 6.08 Å². The molecule has 0 radical (unpaired) electrons. The van der Waals surface area contributed by atoms with E-state index in [4.69, 9.17) is 0 Å². The molecule has 0 spiro atoms. The van der Waals surface area contributed by atoms with Crippen LogP contribution in [0, 0.1) is 0 Å². The minimum atomic E-state index is 0.0724. The second kappa shape index (κ2) is 8.25. The molecule has 0 saturated heterocycles. The van der Waals surface area contributed by atoms with Crippen LogP contribution < -0.4 is 10.2 Å². The third-order valence-electron chi connectivity index (χ3n) is 5.95. The van der Waals surface area contributed by atoms with Gasteiger partial charge in [-0.05, 0) is 58.3 Å². The Morgan fingerprint density at radius 3 is 2.45 bits per heavy atom. The van der Waals surface area contributed by atoms with Gasteiger partial charge >= 0.3 is 0 Å². The van der Waals surface area contributed by atoms with Gasteiger partial charge in [0.25, 0.3) is 0 Å². The molecule has 0 aromatic heterocycles. The van der Waals surface area contributed by atoms with Gasteiger partial charge in [-0.15, -0.1) is 0 Å². The number of fused-ring (bicyclic) bond motifs is 2. The van der Waals surface area contributed by atoms with Crippen LogP contribution in [0.5, 0.6) is 0 Å². The quantitative estimate of drug-likeness (QED) is 0.381. The van der Waals surface area contributed by atoms with Gasteiger partial charge in [0.2, 0.25) is 0 Å². The maximum atomic E-state index is 3.99. The first-order chi connectivity index (χ1) is 15.3. The SMILES string of the molecule is C=C/C=C1/c2cc(-c3cccc4ccccc34)ccc2N(c2ccccc2)C1NCC. The Morgan fingerprint density at radius 1 is 0.871 bits per heavy atom. The number of hydrogen-bond donors (Lipinski definition) is 1. The Hall–Kier alpha value is -3.62. The fourth-order valence-corrected chi connectivity index (χ4v) is 4.63. The van der Waals surface area contributed by atoms with Crippen LogP contribution in [0.2, 0.25) is 0 Å². The number of para-hydroxylation sites is 1. The molecule has 0 amide bonds. The molecule has 0 fully saturated rings. The van der Waals surface area contributed by atoms with Crippen LogP contribution in [-0.2, 0) is 0 Å². The number of rotatable bonds is 5. The molecule has 1 unspecified atom stereocenters. The van der Waals surface area contributed by atoms with Crippen molar-refractivity contribution in [3.63, 3.8) is 0 Å². The molecule has 0 aliphatic carbocycles. The average Bonchev–Trinajstić information content (AvgIpc) is 3.12. The van der Waals surface area contributed by atoms with Crippen LogP contribution in [0.3, 0.4) is 0 Å². The van der Waals surface area contributed by atoms with Crippen LogP contribution >= 0.6 is 0 Å². The van der Waals surface area contributed by atoms with E-state index in [9.17, 15) is 0 Å². The number of anilines is 2. The first-order valence-corrected chi connectivity index (χ1v) is 10.8. The van der Waals surface area contributed by atoms with Gasteiger partial charge in [0.15, 0.2) is 0 Å². The Kier molecular flexibility index (Phi) is 5.15. The molecular formula is C29H26N2. The predicted octanol–water partition coefficient (Wildman–Crippen LogP) is 7.16. The maximum Gasteiger partial charge on any atom is 0.111 e. The lowest BCUT2D eigenvalue weighted by molar-refractivity contribution is 0.647. The summed E-state index contributed by atoms with van der Waals surface area (Å²) in [7, 11) is 0. The number of allylic oxidation sites excluding steroid dienone is 2. The number of nitrogens with one attached hydrogen (secondary N) is 1. The monoisotopic (exact) mass is 402 g/mol. The summed E-state index contributed by atoms with van der Waals surface area (Å²) in [5, 5.41) is 6.21. The second-order valence-corrected chi connectivity index (χ2v) is 7.78. The number of likely N-dealkylation sites (N-methyl/N-ethyl adjacent to an activating group) is 1. The summed E-state index contributed by atoms with van der Waals surface area (Å²) in [6, 6.07) is 32.5. The molecule has 1 atom stereocenters. The molecule has 1 aliphatic rings.